The van der Waals surface area contributed by atoms with E-state index in [9.17, 15) is 17.6 Å². The number of nitrogens with one attached hydrogen (secondary N) is 2. The molecular formula is C15H15FN2O3S. The fraction of sp³-hybridized carbons (Fsp3) is 0.133. The zero-order valence-corrected chi connectivity index (χ0v) is 12.9. The number of hydrogen-bond acceptors (Lipinski definition) is 3. The van der Waals surface area contributed by atoms with E-state index in [4.69, 9.17) is 0 Å². The van der Waals surface area contributed by atoms with Crippen molar-refractivity contribution in [2.45, 2.75) is 18.7 Å². The van der Waals surface area contributed by atoms with Gasteiger partial charge in [0.2, 0.25) is 5.91 Å². The van der Waals surface area contributed by atoms with E-state index >= 15 is 0 Å². The molecule has 5 nitrogen and oxygen atoms in total. The van der Waals surface area contributed by atoms with Gasteiger partial charge in [-0.05, 0) is 48.9 Å². The molecule has 2 aromatic carbocycles. The van der Waals surface area contributed by atoms with Gasteiger partial charge >= 0.3 is 0 Å². The summed E-state index contributed by atoms with van der Waals surface area (Å²) in [6.45, 7) is 3.17. The molecule has 0 aliphatic heterocycles. The van der Waals surface area contributed by atoms with Crippen LogP contribution in [0.5, 0.6) is 0 Å². The number of hydrogen-bond donors (Lipinski definition) is 2. The zero-order valence-electron chi connectivity index (χ0n) is 12.1. The van der Waals surface area contributed by atoms with Gasteiger partial charge in [-0.3, -0.25) is 9.52 Å². The zero-order chi connectivity index (χ0) is 16.3. The van der Waals surface area contributed by atoms with Gasteiger partial charge < -0.3 is 5.32 Å². The van der Waals surface area contributed by atoms with E-state index in [0.717, 1.165) is 17.7 Å². The second-order valence-electron chi connectivity index (χ2n) is 4.77. The Hall–Kier alpha value is -2.41. The van der Waals surface area contributed by atoms with Crippen molar-refractivity contribution in [1.82, 2.24) is 0 Å². The highest BCUT2D eigenvalue weighted by atomic mass is 32.2. The van der Waals surface area contributed by atoms with Gasteiger partial charge in [0, 0.05) is 12.6 Å². The van der Waals surface area contributed by atoms with Gasteiger partial charge in [-0.1, -0.05) is 6.07 Å². The summed E-state index contributed by atoms with van der Waals surface area (Å²) in [5.74, 6) is -0.760. The summed E-state index contributed by atoms with van der Waals surface area (Å²) in [5.41, 5.74) is 1.63. The number of anilines is 2. The van der Waals surface area contributed by atoms with E-state index < -0.39 is 15.8 Å². The lowest BCUT2D eigenvalue weighted by Crippen LogP contribution is -2.14. The number of rotatable bonds is 4. The first kappa shape index (κ1) is 16.0. The van der Waals surface area contributed by atoms with Crippen LogP contribution in [0.3, 0.4) is 0 Å². The molecule has 2 N–H and O–H groups in total. The van der Waals surface area contributed by atoms with Crippen LogP contribution in [-0.2, 0) is 14.8 Å². The summed E-state index contributed by atoms with van der Waals surface area (Å²) in [4.78, 5) is 11.1. The number of aryl methyl sites for hydroxylation is 1. The second-order valence-corrected chi connectivity index (χ2v) is 6.45. The van der Waals surface area contributed by atoms with Gasteiger partial charge in [0.1, 0.15) is 5.82 Å². The Morgan fingerprint density at radius 3 is 2.32 bits per heavy atom. The van der Waals surface area contributed by atoms with E-state index in [1.165, 1.54) is 25.1 Å². The Labute approximate surface area is 128 Å². The summed E-state index contributed by atoms with van der Waals surface area (Å²) in [7, 11) is -3.82. The van der Waals surface area contributed by atoms with Crippen molar-refractivity contribution in [3.05, 3.63) is 53.8 Å². The Bertz CT molecular complexity index is 802. The van der Waals surface area contributed by atoms with E-state index in [-0.39, 0.29) is 10.8 Å². The van der Waals surface area contributed by atoms with Crippen molar-refractivity contribution in [3.8, 4) is 0 Å². The first-order valence-electron chi connectivity index (χ1n) is 6.44. The van der Waals surface area contributed by atoms with Crippen LogP contribution in [0.1, 0.15) is 12.5 Å². The van der Waals surface area contributed by atoms with Gasteiger partial charge in [-0.15, -0.1) is 0 Å². The number of halogens is 1. The Morgan fingerprint density at radius 1 is 1.09 bits per heavy atom. The van der Waals surface area contributed by atoms with Crippen molar-refractivity contribution in [2.75, 3.05) is 10.0 Å². The van der Waals surface area contributed by atoms with E-state index in [1.54, 1.807) is 19.1 Å². The second kappa shape index (κ2) is 6.15. The third-order valence-corrected chi connectivity index (χ3v) is 4.32. The molecular weight excluding hydrogens is 307 g/mol. The molecule has 0 aliphatic carbocycles. The number of carbonyl (C=O) groups is 1. The van der Waals surface area contributed by atoms with Crippen LogP contribution in [0.25, 0.3) is 0 Å². The lowest BCUT2D eigenvalue weighted by Gasteiger charge is -2.12. The molecule has 1 amide bonds. The van der Waals surface area contributed by atoms with Crippen LogP contribution >= 0.6 is 0 Å². The molecule has 116 valence electrons. The van der Waals surface area contributed by atoms with Crippen LogP contribution in [0.2, 0.25) is 0 Å². The Kier molecular flexibility index (Phi) is 4.46. The SMILES string of the molecule is CC(=O)Nc1cc(NS(=O)(=O)c2ccc(F)cc2)ccc1C. The summed E-state index contributed by atoms with van der Waals surface area (Å²) in [6, 6.07) is 9.31. The molecule has 0 saturated carbocycles. The quantitative estimate of drug-likeness (QED) is 0.909. The van der Waals surface area contributed by atoms with Crippen LogP contribution in [0.4, 0.5) is 15.8 Å². The van der Waals surface area contributed by atoms with Crippen molar-refractivity contribution in [1.29, 1.82) is 0 Å². The number of carbonyl (C=O) groups excluding carboxylic acids is 1. The Morgan fingerprint density at radius 2 is 1.73 bits per heavy atom. The summed E-state index contributed by atoms with van der Waals surface area (Å²) < 4.78 is 39.7. The van der Waals surface area contributed by atoms with Crippen molar-refractivity contribution in [3.63, 3.8) is 0 Å². The van der Waals surface area contributed by atoms with Gasteiger partial charge in [-0.25, -0.2) is 12.8 Å². The van der Waals surface area contributed by atoms with Gasteiger partial charge in [0.25, 0.3) is 10.0 Å². The highest BCUT2D eigenvalue weighted by Gasteiger charge is 2.14. The third-order valence-electron chi connectivity index (χ3n) is 2.92. The molecule has 0 fully saturated rings. The highest BCUT2D eigenvalue weighted by Crippen LogP contribution is 2.23. The topological polar surface area (TPSA) is 75.3 Å². The van der Waals surface area contributed by atoms with Crippen molar-refractivity contribution in [2.24, 2.45) is 0 Å². The fourth-order valence-corrected chi connectivity index (χ4v) is 2.89. The predicted molar refractivity (Wildman–Crippen MR) is 82.7 cm³/mol. The number of benzene rings is 2. The third kappa shape index (κ3) is 3.82. The maximum Gasteiger partial charge on any atom is 0.261 e. The number of sulfonamides is 1. The molecule has 0 saturated heterocycles. The standard InChI is InChI=1S/C15H15FN2O3S/c1-10-3-6-13(9-15(10)17-11(2)19)18-22(20,21)14-7-4-12(16)5-8-14/h3-9,18H,1-2H3,(H,17,19). The van der Waals surface area contributed by atoms with Crippen LogP contribution < -0.4 is 10.0 Å². The minimum absolute atomic E-state index is 0.0458. The molecule has 2 rings (SSSR count). The molecule has 0 bridgehead atoms. The number of amides is 1. The molecule has 0 radical (unpaired) electrons. The molecule has 0 aliphatic rings. The molecule has 0 spiro atoms. The highest BCUT2D eigenvalue weighted by molar-refractivity contribution is 7.92. The Balaban J connectivity index is 2.29. The van der Waals surface area contributed by atoms with E-state index in [2.05, 4.69) is 10.0 Å². The molecule has 0 unspecified atom stereocenters. The molecule has 0 heterocycles. The minimum atomic E-state index is -3.82. The lowest BCUT2D eigenvalue weighted by molar-refractivity contribution is -0.114. The lowest BCUT2D eigenvalue weighted by atomic mass is 10.2. The van der Waals surface area contributed by atoms with Crippen molar-refractivity contribution < 1.29 is 17.6 Å². The van der Waals surface area contributed by atoms with E-state index in [0.29, 0.717) is 11.4 Å². The minimum Gasteiger partial charge on any atom is -0.326 e. The van der Waals surface area contributed by atoms with Crippen LogP contribution in [0.15, 0.2) is 47.4 Å². The maximum absolute atomic E-state index is 12.9. The van der Waals surface area contributed by atoms with Crippen LogP contribution in [0, 0.1) is 12.7 Å². The van der Waals surface area contributed by atoms with Crippen molar-refractivity contribution >= 4 is 27.3 Å². The van der Waals surface area contributed by atoms with Crippen LogP contribution in [-0.4, -0.2) is 14.3 Å². The summed E-state index contributed by atoms with van der Waals surface area (Å²) in [6.07, 6.45) is 0. The average molecular weight is 322 g/mol. The largest absolute Gasteiger partial charge is 0.326 e. The first-order valence-corrected chi connectivity index (χ1v) is 7.93. The molecule has 0 aromatic heterocycles. The normalized spacial score (nSPS) is 11.0. The molecule has 7 heteroatoms. The smallest absolute Gasteiger partial charge is 0.261 e. The molecule has 0 atom stereocenters. The fourth-order valence-electron chi connectivity index (χ4n) is 1.84. The van der Waals surface area contributed by atoms with Gasteiger partial charge in [0.05, 0.1) is 10.6 Å². The predicted octanol–water partition coefficient (Wildman–Crippen LogP) is 2.89. The molecule has 2 aromatic rings. The van der Waals surface area contributed by atoms with Gasteiger partial charge in [0.15, 0.2) is 0 Å². The first-order chi connectivity index (χ1) is 10.3. The van der Waals surface area contributed by atoms with E-state index in [1.807, 2.05) is 0 Å². The van der Waals surface area contributed by atoms with Gasteiger partial charge in [-0.2, -0.15) is 0 Å². The molecule has 22 heavy (non-hydrogen) atoms. The summed E-state index contributed by atoms with van der Waals surface area (Å²) in [5, 5.41) is 2.62. The summed E-state index contributed by atoms with van der Waals surface area (Å²) >= 11 is 0. The monoisotopic (exact) mass is 322 g/mol. The maximum atomic E-state index is 12.9. The average Bonchev–Trinajstić information content (AvgIpc) is 2.42.